The minimum absolute atomic E-state index is 0.0572. The number of amides is 1. The lowest BCUT2D eigenvalue weighted by molar-refractivity contribution is -0.132. The second kappa shape index (κ2) is 7.30. The molecule has 1 unspecified atom stereocenters. The Morgan fingerprint density at radius 2 is 2.00 bits per heavy atom. The summed E-state index contributed by atoms with van der Waals surface area (Å²) in [6.45, 7) is 1.75. The van der Waals surface area contributed by atoms with Crippen LogP contribution in [0.3, 0.4) is 0 Å². The number of nitrogens with zero attached hydrogens (tertiary/aromatic N) is 1. The molecule has 1 saturated carbocycles. The molecule has 1 N–H and O–H groups in total. The van der Waals surface area contributed by atoms with E-state index in [-0.39, 0.29) is 29.6 Å². The number of carbonyl (C=O) groups is 2. The van der Waals surface area contributed by atoms with Gasteiger partial charge in [0, 0.05) is 12.5 Å². The van der Waals surface area contributed by atoms with Gasteiger partial charge in [-0.25, -0.2) is 0 Å². The van der Waals surface area contributed by atoms with Crippen LogP contribution in [0.1, 0.15) is 57.1 Å². The molecule has 5 nitrogen and oxygen atoms in total. The number of aliphatic hydroxyl groups excluding tert-OH is 1. The topological polar surface area (TPSA) is 66.8 Å². The third-order valence-electron chi connectivity index (χ3n) is 5.24. The Morgan fingerprint density at radius 1 is 1.28 bits per heavy atom. The summed E-state index contributed by atoms with van der Waals surface area (Å²) in [7, 11) is 1.59. The molecule has 1 aromatic carbocycles. The van der Waals surface area contributed by atoms with Crippen LogP contribution in [0.25, 0.3) is 0 Å². The molecule has 1 fully saturated rings. The number of hydrogen-bond acceptors (Lipinski definition) is 4. The van der Waals surface area contributed by atoms with Gasteiger partial charge in [-0.05, 0) is 30.5 Å². The largest absolute Gasteiger partial charge is 0.503 e. The number of methoxy groups -OCH3 is 1. The number of aliphatic hydroxyl groups is 1. The van der Waals surface area contributed by atoms with E-state index in [4.69, 9.17) is 4.74 Å². The Morgan fingerprint density at radius 3 is 2.64 bits per heavy atom. The van der Waals surface area contributed by atoms with Gasteiger partial charge in [0.05, 0.1) is 18.7 Å². The zero-order valence-corrected chi connectivity index (χ0v) is 14.8. The highest BCUT2D eigenvalue weighted by Gasteiger charge is 2.46. The summed E-state index contributed by atoms with van der Waals surface area (Å²) in [5.41, 5.74) is 1.03. The molecule has 1 amide bonds. The summed E-state index contributed by atoms with van der Waals surface area (Å²) < 4.78 is 5.30. The number of Topliss-reactive ketones (excluding diaryl/α,β-unsaturated/α-hetero) is 1. The molecular formula is C20H25NO4. The average Bonchev–Trinajstić information content (AvgIpc) is 2.93. The monoisotopic (exact) mass is 343 g/mol. The van der Waals surface area contributed by atoms with Crippen molar-refractivity contribution in [1.29, 1.82) is 0 Å². The van der Waals surface area contributed by atoms with Crippen LogP contribution < -0.4 is 4.74 Å². The van der Waals surface area contributed by atoms with Gasteiger partial charge in [0.15, 0.2) is 11.5 Å². The van der Waals surface area contributed by atoms with Crippen molar-refractivity contribution < 1.29 is 19.4 Å². The summed E-state index contributed by atoms with van der Waals surface area (Å²) in [6, 6.07) is 6.93. The molecule has 0 bridgehead atoms. The highest BCUT2D eigenvalue weighted by molar-refractivity contribution is 6.09. The van der Waals surface area contributed by atoms with Crippen molar-refractivity contribution in [2.45, 2.75) is 57.5 Å². The van der Waals surface area contributed by atoms with Crippen LogP contribution >= 0.6 is 0 Å². The maximum atomic E-state index is 12.8. The van der Waals surface area contributed by atoms with E-state index in [1.54, 1.807) is 18.9 Å². The molecule has 3 rings (SSSR count). The summed E-state index contributed by atoms with van der Waals surface area (Å²) in [5.74, 6) is -0.318. The molecule has 5 heteroatoms. The fourth-order valence-electron chi connectivity index (χ4n) is 3.97. The van der Waals surface area contributed by atoms with E-state index in [2.05, 4.69) is 0 Å². The molecule has 134 valence electrons. The molecule has 1 aliphatic carbocycles. The number of ether oxygens (including phenoxy) is 1. The van der Waals surface area contributed by atoms with Gasteiger partial charge in [-0.1, -0.05) is 38.3 Å². The summed E-state index contributed by atoms with van der Waals surface area (Å²) in [5, 5.41) is 10.5. The van der Waals surface area contributed by atoms with Crippen molar-refractivity contribution in [3.8, 4) is 5.75 Å². The first kappa shape index (κ1) is 17.5. The molecule has 2 aliphatic rings. The first-order valence-electron chi connectivity index (χ1n) is 9.01. The van der Waals surface area contributed by atoms with Crippen molar-refractivity contribution in [2.75, 3.05) is 7.11 Å². The number of hydrogen-bond donors (Lipinski definition) is 1. The van der Waals surface area contributed by atoms with Crippen LogP contribution in [0.5, 0.6) is 5.75 Å². The van der Waals surface area contributed by atoms with Gasteiger partial charge in [0.25, 0.3) is 5.91 Å². The van der Waals surface area contributed by atoms with Crippen molar-refractivity contribution in [2.24, 2.45) is 0 Å². The Balaban J connectivity index is 2.07. The van der Waals surface area contributed by atoms with E-state index >= 15 is 0 Å². The van der Waals surface area contributed by atoms with Gasteiger partial charge < -0.3 is 14.7 Å². The Kier molecular flexibility index (Phi) is 5.11. The number of benzene rings is 1. The second-order valence-corrected chi connectivity index (χ2v) is 6.72. The van der Waals surface area contributed by atoms with Crippen molar-refractivity contribution >= 4 is 11.7 Å². The Hall–Kier alpha value is -2.30. The maximum absolute atomic E-state index is 12.8. The van der Waals surface area contributed by atoms with Crippen LogP contribution in [0.15, 0.2) is 35.6 Å². The van der Waals surface area contributed by atoms with Gasteiger partial charge in [-0.15, -0.1) is 0 Å². The van der Waals surface area contributed by atoms with E-state index in [1.165, 1.54) is 6.42 Å². The quantitative estimate of drug-likeness (QED) is 0.885. The fraction of sp³-hybridized carbons (Fsp3) is 0.500. The molecule has 1 atom stereocenters. The highest BCUT2D eigenvalue weighted by Crippen LogP contribution is 2.42. The van der Waals surface area contributed by atoms with Gasteiger partial charge in [-0.3, -0.25) is 9.59 Å². The van der Waals surface area contributed by atoms with Gasteiger partial charge in [-0.2, -0.15) is 0 Å². The van der Waals surface area contributed by atoms with E-state index in [0.717, 1.165) is 31.2 Å². The minimum atomic E-state index is -0.529. The standard InChI is InChI=1S/C20H25NO4/c1-3-16(22)17-18(13-8-7-11-15(12-13)25-2)21(20(24)19(17)23)14-9-5-4-6-10-14/h7-8,11-12,14,18,23H,3-6,9-10H2,1-2H3. The van der Waals surface area contributed by atoms with E-state index in [1.807, 2.05) is 24.3 Å². The van der Waals surface area contributed by atoms with Crippen molar-refractivity contribution in [3.63, 3.8) is 0 Å². The molecule has 1 heterocycles. The molecule has 0 spiro atoms. The lowest BCUT2D eigenvalue weighted by Gasteiger charge is -2.36. The third kappa shape index (κ3) is 3.15. The molecular weight excluding hydrogens is 318 g/mol. The highest BCUT2D eigenvalue weighted by atomic mass is 16.5. The zero-order valence-electron chi connectivity index (χ0n) is 14.8. The zero-order chi connectivity index (χ0) is 18.0. The fourth-order valence-corrected chi connectivity index (χ4v) is 3.97. The maximum Gasteiger partial charge on any atom is 0.290 e. The molecule has 0 saturated heterocycles. The van der Waals surface area contributed by atoms with Crippen LogP contribution in [-0.4, -0.2) is 34.8 Å². The smallest absolute Gasteiger partial charge is 0.290 e. The lowest BCUT2D eigenvalue weighted by atomic mass is 9.90. The average molecular weight is 343 g/mol. The number of carbonyl (C=O) groups excluding carboxylic acids is 2. The summed E-state index contributed by atoms with van der Waals surface area (Å²) in [6.07, 6.45) is 5.38. The summed E-state index contributed by atoms with van der Waals surface area (Å²) in [4.78, 5) is 27.0. The molecule has 25 heavy (non-hydrogen) atoms. The minimum Gasteiger partial charge on any atom is -0.503 e. The lowest BCUT2D eigenvalue weighted by Crippen LogP contribution is -2.41. The molecule has 1 aromatic rings. The Labute approximate surface area is 148 Å². The van der Waals surface area contributed by atoms with Crippen LogP contribution in [-0.2, 0) is 9.59 Å². The van der Waals surface area contributed by atoms with E-state index < -0.39 is 11.9 Å². The number of ketones is 1. The van der Waals surface area contributed by atoms with Gasteiger partial charge in [0.2, 0.25) is 0 Å². The van der Waals surface area contributed by atoms with E-state index in [9.17, 15) is 14.7 Å². The van der Waals surface area contributed by atoms with Crippen LogP contribution in [0.2, 0.25) is 0 Å². The predicted octanol–water partition coefficient (Wildman–Crippen LogP) is 3.70. The van der Waals surface area contributed by atoms with Crippen molar-refractivity contribution in [1.82, 2.24) is 4.90 Å². The number of rotatable bonds is 5. The third-order valence-corrected chi connectivity index (χ3v) is 5.24. The normalized spacial score (nSPS) is 21.8. The van der Waals surface area contributed by atoms with Crippen LogP contribution in [0, 0.1) is 0 Å². The first-order chi connectivity index (χ1) is 12.1. The van der Waals surface area contributed by atoms with Gasteiger partial charge in [0.1, 0.15) is 5.75 Å². The molecule has 1 aliphatic heterocycles. The predicted molar refractivity (Wildman–Crippen MR) is 94.4 cm³/mol. The molecule has 0 radical (unpaired) electrons. The van der Waals surface area contributed by atoms with Crippen LogP contribution in [0.4, 0.5) is 0 Å². The summed E-state index contributed by atoms with van der Waals surface area (Å²) >= 11 is 0. The first-order valence-corrected chi connectivity index (χ1v) is 9.01. The molecule has 0 aromatic heterocycles. The Bertz CT molecular complexity index is 703. The SMILES string of the molecule is CCC(=O)C1=C(O)C(=O)N(C2CCCCC2)C1c1cccc(OC)c1. The van der Waals surface area contributed by atoms with E-state index in [0.29, 0.717) is 5.75 Å². The van der Waals surface area contributed by atoms with Crippen molar-refractivity contribution in [3.05, 3.63) is 41.2 Å². The van der Waals surface area contributed by atoms with Gasteiger partial charge >= 0.3 is 0 Å². The second-order valence-electron chi connectivity index (χ2n) is 6.72.